The van der Waals surface area contributed by atoms with E-state index >= 15 is 0 Å². The molecule has 0 bridgehead atoms. The molecule has 0 spiro atoms. The number of rotatable bonds is 2. The van der Waals surface area contributed by atoms with Gasteiger partial charge in [0.15, 0.2) is 0 Å². The fourth-order valence-corrected chi connectivity index (χ4v) is 2.20. The van der Waals surface area contributed by atoms with E-state index in [9.17, 15) is 9.59 Å². The minimum atomic E-state index is -0.294. The normalized spacial score (nSPS) is 16.8. The molecule has 98 valence electrons. The van der Waals surface area contributed by atoms with E-state index in [-0.39, 0.29) is 23.9 Å². The molecule has 2 amide bonds. The summed E-state index contributed by atoms with van der Waals surface area (Å²) >= 11 is 0. The van der Waals surface area contributed by atoms with Crippen molar-refractivity contribution in [2.45, 2.75) is 52.5 Å². The predicted molar refractivity (Wildman–Crippen MR) is 67.6 cm³/mol. The van der Waals surface area contributed by atoms with Crippen LogP contribution in [0.1, 0.15) is 47.0 Å². The van der Waals surface area contributed by atoms with Crippen molar-refractivity contribution >= 4 is 11.8 Å². The Balaban J connectivity index is 2.60. The maximum Gasteiger partial charge on any atom is 0.242 e. The zero-order chi connectivity index (χ0) is 13.1. The summed E-state index contributed by atoms with van der Waals surface area (Å²) in [7, 11) is 0. The summed E-state index contributed by atoms with van der Waals surface area (Å²) in [4.78, 5) is 27.2. The molecule has 1 heterocycles. The number of piperidine rings is 1. The second kappa shape index (κ2) is 5.52. The molecule has 0 saturated carbocycles. The van der Waals surface area contributed by atoms with Gasteiger partial charge >= 0.3 is 0 Å². The maximum atomic E-state index is 12.1. The van der Waals surface area contributed by atoms with E-state index in [4.69, 9.17) is 0 Å². The molecule has 0 N–H and O–H groups in total. The molecule has 1 saturated heterocycles. The number of nitrogens with zero attached hydrogens (tertiary/aromatic N) is 2. The Morgan fingerprint density at radius 3 is 2.06 bits per heavy atom. The predicted octanol–water partition coefficient (Wildman–Crippen LogP) is 1.65. The molecule has 1 aliphatic heterocycles. The molecule has 4 heteroatoms. The average molecular weight is 240 g/mol. The van der Waals surface area contributed by atoms with Crippen LogP contribution in [0.2, 0.25) is 0 Å². The molecule has 1 fully saturated rings. The van der Waals surface area contributed by atoms with Crippen LogP contribution >= 0.6 is 0 Å². The Morgan fingerprint density at radius 1 is 1.12 bits per heavy atom. The van der Waals surface area contributed by atoms with E-state index in [0.717, 1.165) is 25.9 Å². The number of carbonyl (C=O) groups excluding carboxylic acids is 2. The molecular formula is C13H24N2O2. The molecule has 0 aliphatic carbocycles. The van der Waals surface area contributed by atoms with Crippen molar-refractivity contribution < 1.29 is 9.59 Å². The van der Waals surface area contributed by atoms with Gasteiger partial charge in [-0.3, -0.25) is 9.59 Å². The van der Waals surface area contributed by atoms with Gasteiger partial charge in [-0.05, 0) is 40.0 Å². The molecule has 0 unspecified atom stereocenters. The quantitative estimate of drug-likeness (QED) is 0.736. The average Bonchev–Trinajstić information content (AvgIpc) is 2.24. The van der Waals surface area contributed by atoms with E-state index in [0.29, 0.717) is 0 Å². The SMILES string of the molecule is CC(=O)N(CC(=O)N1CCCCC1)C(C)(C)C. The van der Waals surface area contributed by atoms with Crippen molar-refractivity contribution in [2.75, 3.05) is 19.6 Å². The standard InChI is InChI=1S/C13H24N2O2/c1-11(16)15(13(2,3)4)10-12(17)14-8-6-5-7-9-14/h5-10H2,1-4H3. The van der Waals surface area contributed by atoms with Crippen LogP contribution in [0.5, 0.6) is 0 Å². The minimum Gasteiger partial charge on any atom is -0.341 e. The van der Waals surface area contributed by atoms with E-state index in [1.54, 1.807) is 4.90 Å². The first-order chi connectivity index (χ1) is 7.82. The first-order valence-corrected chi connectivity index (χ1v) is 6.38. The molecule has 1 rings (SSSR count). The third kappa shape index (κ3) is 4.02. The Morgan fingerprint density at radius 2 is 1.65 bits per heavy atom. The van der Waals surface area contributed by atoms with Crippen molar-refractivity contribution in [3.05, 3.63) is 0 Å². The maximum absolute atomic E-state index is 12.1. The molecule has 17 heavy (non-hydrogen) atoms. The van der Waals surface area contributed by atoms with Crippen molar-refractivity contribution in [2.24, 2.45) is 0 Å². The number of amides is 2. The zero-order valence-electron chi connectivity index (χ0n) is 11.5. The highest BCUT2D eigenvalue weighted by molar-refractivity contribution is 5.84. The molecular weight excluding hydrogens is 216 g/mol. The second-order valence-corrected chi connectivity index (χ2v) is 5.72. The Labute approximate surface area is 104 Å². The Bertz CT molecular complexity index is 288. The van der Waals surface area contributed by atoms with Crippen LogP contribution < -0.4 is 0 Å². The summed E-state index contributed by atoms with van der Waals surface area (Å²) in [5.74, 6) is 0.0395. The summed E-state index contributed by atoms with van der Waals surface area (Å²) in [6.45, 7) is 9.28. The van der Waals surface area contributed by atoms with E-state index in [2.05, 4.69) is 0 Å². The number of hydrogen-bond acceptors (Lipinski definition) is 2. The van der Waals surface area contributed by atoms with Gasteiger partial charge in [-0.25, -0.2) is 0 Å². The monoisotopic (exact) mass is 240 g/mol. The highest BCUT2D eigenvalue weighted by Gasteiger charge is 2.28. The van der Waals surface area contributed by atoms with Crippen LogP contribution in [-0.2, 0) is 9.59 Å². The van der Waals surface area contributed by atoms with E-state index in [1.165, 1.54) is 13.3 Å². The third-order valence-electron chi connectivity index (χ3n) is 3.19. The summed E-state index contributed by atoms with van der Waals surface area (Å²) in [5, 5.41) is 0. The Kier molecular flexibility index (Phi) is 4.54. The van der Waals surface area contributed by atoms with Crippen LogP contribution in [-0.4, -0.2) is 46.8 Å². The van der Waals surface area contributed by atoms with Gasteiger partial charge in [0.1, 0.15) is 6.54 Å². The van der Waals surface area contributed by atoms with Gasteiger partial charge in [0.05, 0.1) is 0 Å². The lowest BCUT2D eigenvalue weighted by Gasteiger charge is -2.36. The molecule has 0 aromatic heterocycles. The second-order valence-electron chi connectivity index (χ2n) is 5.72. The lowest BCUT2D eigenvalue weighted by Crippen LogP contribution is -2.51. The fraction of sp³-hybridized carbons (Fsp3) is 0.846. The first-order valence-electron chi connectivity index (χ1n) is 6.38. The summed E-state index contributed by atoms with van der Waals surface area (Å²) in [5.41, 5.74) is -0.294. The largest absolute Gasteiger partial charge is 0.341 e. The highest BCUT2D eigenvalue weighted by atomic mass is 16.2. The third-order valence-corrected chi connectivity index (χ3v) is 3.19. The zero-order valence-corrected chi connectivity index (χ0v) is 11.5. The van der Waals surface area contributed by atoms with Crippen molar-refractivity contribution in [1.82, 2.24) is 9.80 Å². The topological polar surface area (TPSA) is 40.6 Å². The van der Waals surface area contributed by atoms with E-state index in [1.807, 2.05) is 25.7 Å². The van der Waals surface area contributed by atoms with Crippen molar-refractivity contribution in [3.63, 3.8) is 0 Å². The molecule has 0 radical (unpaired) electrons. The number of hydrogen-bond donors (Lipinski definition) is 0. The molecule has 4 nitrogen and oxygen atoms in total. The summed E-state index contributed by atoms with van der Waals surface area (Å²) in [6.07, 6.45) is 3.38. The van der Waals surface area contributed by atoms with Crippen LogP contribution in [0.3, 0.4) is 0 Å². The first kappa shape index (κ1) is 14.0. The van der Waals surface area contributed by atoms with Crippen molar-refractivity contribution in [3.8, 4) is 0 Å². The number of likely N-dealkylation sites (tertiary alicyclic amines) is 1. The minimum absolute atomic E-state index is 0.0390. The smallest absolute Gasteiger partial charge is 0.242 e. The Hall–Kier alpha value is -1.06. The van der Waals surface area contributed by atoms with E-state index < -0.39 is 0 Å². The van der Waals surface area contributed by atoms with Crippen LogP contribution in [0.25, 0.3) is 0 Å². The molecule has 0 aromatic carbocycles. The fourth-order valence-electron chi connectivity index (χ4n) is 2.20. The van der Waals surface area contributed by atoms with Gasteiger partial charge < -0.3 is 9.80 Å². The number of carbonyl (C=O) groups is 2. The lowest BCUT2D eigenvalue weighted by molar-refractivity contribution is -0.143. The van der Waals surface area contributed by atoms with Gasteiger partial charge in [-0.15, -0.1) is 0 Å². The van der Waals surface area contributed by atoms with Crippen LogP contribution in [0.4, 0.5) is 0 Å². The van der Waals surface area contributed by atoms with Gasteiger partial charge in [0.2, 0.25) is 11.8 Å². The van der Waals surface area contributed by atoms with Gasteiger partial charge in [0, 0.05) is 25.6 Å². The molecule has 1 aliphatic rings. The summed E-state index contributed by atoms with van der Waals surface area (Å²) in [6, 6.07) is 0. The lowest BCUT2D eigenvalue weighted by atomic mass is 10.1. The van der Waals surface area contributed by atoms with Gasteiger partial charge in [0.25, 0.3) is 0 Å². The molecule has 0 atom stereocenters. The van der Waals surface area contributed by atoms with Gasteiger partial charge in [-0.2, -0.15) is 0 Å². The molecule has 0 aromatic rings. The van der Waals surface area contributed by atoms with Gasteiger partial charge in [-0.1, -0.05) is 0 Å². The summed E-state index contributed by atoms with van der Waals surface area (Å²) < 4.78 is 0. The highest BCUT2D eigenvalue weighted by Crippen LogP contribution is 2.15. The van der Waals surface area contributed by atoms with Crippen LogP contribution in [0.15, 0.2) is 0 Å². The van der Waals surface area contributed by atoms with Crippen molar-refractivity contribution in [1.29, 1.82) is 0 Å². The van der Waals surface area contributed by atoms with Crippen LogP contribution in [0, 0.1) is 0 Å².